The Morgan fingerprint density at radius 3 is 2.92 bits per heavy atom. The maximum atomic E-state index is 12.2. The molecule has 3 N–H and O–H groups in total. The van der Waals surface area contributed by atoms with E-state index in [2.05, 4.69) is 27.1 Å². The second-order valence-corrected chi connectivity index (χ2v) is 6.39. The first kappa shape index (κ1) is 18.0. The molecule has 7 heteroatoms. The molecule has 0 amide bonds. The summed E-state index contributed by atoms with van der Waals surface area (Å²) in [4.78, 5) is 23.1. The number of nitrogens with one attached hydrogen (secondary N) is 1. The van der Waals surface area contributed by atoms with Crippen LogP contribution in [-0.4, -0.2) is 35.1 Å². The van der Waals surface area contributed by atoms with Crippen molar-refractivity contribution in [2.75, 3.05) is 29.1 Å². The van der Waals surface area contributed by atoms with E-state index in [9.17, 15) is 4.79 Å². The normalized spacial score (nSPS) is 17.0. The Bertz CT molecular complexity index is 780. The van der Waals surface area contributed by atoms with Gasteiger partial charge in [0.1, 0.15) is 12.0 Å². The van der Waals surface area contributed by atoms with E-state index in [1.165, 1.54) is 12.7 Å². The molecule has 1 saturated heterocycles. The van der Waals surface area contributed by atoms with Crippen LogP contribution in [0, 0.1) is 0 Å². The van der Waals surface area contributed by atoms with Crippen LogP contribution in [0.5, 0.6) is 0 Å². The summed E-state index contributed by atoms with van der Waals surface area (Å²) < 4.78 is 5.12. The lowest BCUT2D eigenvalue weighted by molar-refractivity contribution is 0.0527. The van der Waals surface area contributed by atoms with Gasteiger partial charge in [-0.25, -0.2) is 14.8 Å². The highest BCUT2D eigenvalue weighted by Crippen LogP contribution is 2.33. The van der Waals surface area contributed by atoms with Crippen LogP contribution in [0.4, 0.5) is 23.0 Å². The van der Waals surface area contributed by atoms with E-state index in [1.54, 1.807) is 25.1 Å². The molecule has 2 heterocycles. The minimum absolute atomic E-state index is 0.319. The highest BCUT2D eigenvalue weighted by Gasteiger charge is 2.23. The average molecular weight is 355 g/mol. The Morgan fingerprint density at radius 1 is 1.35 bits per heavy atom. The zero-order chi connectivity index (χ0) is 18.5. The van der Waals surface area contributed by atoms with Crippen LogP contribution in [0.3, 0.4) is 0 Å². The third-order valence-corrected chi connectivity index (χ3v) is 4.61. The molecule has 7 nitrogen and oxygen atoms in total. The summed E-state index contributed by atoms with van der Waals surface area (Å²) in [6.45, 7) is 5.22. The van der Waals surface area contributed by atoms with Crippen molar-refractivity contribution >= 4 is 29.0 Å². The maximum Gasteiger partial charge on any atom is 0.340 e. The number of rotatable bonds is 5. The van der Waals surface area contributed by atoms with Gasteiger partial charge in [0.15, 0.2) is 11.6 Å². The summed E-state index contributed by atoms with van der Waals surface area (Å²) in [7, 11) is 0. The van der Waals surface area contributed by atoms with Crippen molar-refractivity contribution in [1.82, 2.24) is 9.97 Å². The number of benzene rings is 1. The number of hydrogen-bond donors (Lipinski definition) is 2. The first-order chi connectivity index (χ1) is 12.6. The number of carbonyl (C=O) groups is 1. The van der Waals surface area contributed by atoms with Crippen molar-refractivity contribution in [2.45, 2.75) is 39.2 Å². The molecule has 2 aromatic rings. The van der Waals surface area contributed by atoms with Crippen LogP contribution >= 0.6 is 0 Å². The van der Waals surface area contributed by atoms with Crippen LogP contribution in [-0.2, 0) is 4.74 Å². The first-order valence-electron chi connectivity index (χ1n) is 9.02. The van der Waals surface area contributed by atoms with Gasteiger partial charge in [-0.05, 0) is 45.2 Å². The molecule has 1 aromatic heterocycles. The van der Waals surface area contributed by atoms with Crippen molar-refractivity contribution in [3.8, 4) is 0 Å². The van der Waals surface area contributed by atoms with Crippen LogP contribution in [0.1, 0.15) is 43.5 Å². The summed E-state index contributed by atoms with van der Waals surface area (Å²) in [5.74, 6) is 0.848. The van der Waals surface area contributed by atoms with Gasteiger partial charge in [-0.2, -0.15) is 0 Å². The van der Waals surface area contributed by atoms with Crippen LogP contribution < -0.4 is 16.0 Å². The number of esters is 1. The standard InChI is InChI=1S/C19H25N5O2/c1-3-26-19(25)14-9-4-5-10-15(14)23-17-16(20)18(22-12-21-17)24-11-7-6-8-13(24)2/h4-5,9-10,12-13H,3,6-8,11,20H2,1-2H3,(H,21,22,23). The molecule has 0 bridgehead atoms. The van der Waals surface area contributed by atoms with E-state index in [0.29, 0.717) is 35.4 Å². The number of carbonyl (C=O) groups excluding carboxylic acids is 1. The highest BCUT2D eigenvalue weighted by atomic mass is 16.5. The zero-order valence-electron chi connectivity index (χ0n) is 15.2. The third kappa shape index (κ3) is 3.71. The van der Waals surface area contributed by atoms with Crippen LogP contribution in [0.25, 0.3) is 0 Å². The van der Waals surface area contributed by atoms with E-state index < -0.39 is 0 Å². The highest BCUT2D eigenvalue weighted by molar-refractivity contribution is 5.97. The zero-order valence-corrected chi connectivity index (χ0v) is 15.2. The van der Waals surface area contributed by atoms with E-state index in [0.717, 1.165) is 25.2 Å². The van der Waals surface area contributed by atoms with E-state index >= 15 is 0 Å². The minimum Gasteiger partial charge on any atom is -0.462 e. The lowest BCUT2D eigenvalue weighted by Gasteiger charge is -2.35. The number of nitrogens with zero attached hydrogens (tertiary/aromatic N) is 3. The molecule has 0 aliphatic carbocycles. The monoisotopic (exact) mass is 355 g/mol. The fourth-order valence-electron chi connectivity index (χ4n) is 3.23. The van der Waals surface area contributed by atoms with Gasteiger partial charge >= 0.3 is 5.97 Å². The Labute approximate surface area is 153 Å². The van der Waals surface area contributed by atoms with Gasteiger partial charge < -0.3 is 20.7 Å². The quantitative estimate of drug-likeness (QED) is 0.794. The van der Waals surface area contributed by atoms with Gasteiger partial charge in [0.25, 0.3) is 0 Å². The minimum atomic E-state index is -0.381. The number of nitrogens with two attached hydrogens (primary N) is 1. The molecule has 1 aliphatic heterocycles. The predicted octanol–water partition coefficient (Wildman–Crippen LogP) is 3.36. The summed E-state index contributed by atoms with van der Waals surface area (Å²) in [5.41, 5.74) is 7.90. The lowest BCUT2D eigenvalue weighted by atomic mass is 10.0. The fraction of sp³-hybridized carbons (Fsp3) is 0.421. The molecule has 1 fully saturated rings. The second-order valence-electron chi connectivity index (χ2n) is 6.39. The summed E-state index contributed by atoms with van der Waals surface area (Å²) >= 11 is 0. The number of anilines is 4. The van der Waals surface area contributed by atoms with Crippen molar-refractivity contribution < 1.29 is 9.53 Å². The first-order valence-corrected chi connectivity index (χ1v) is 9.02. The molecular weight excluding hydrogens is 330 g/mol. The average Bonchev–Trinajstić information content (AvgIpc) is 2.65. The SMILES string of the molecule is CCOC(=O)c1ccccc1Nc1ncnc(N2CCCCC2C)c1N. The molecular formula is C19H25N5O2. The smallest absolute Gasteiger partial charge is 0.340 e. The molecule has 1 aromatic carbocycles. The molecule has 1 atom stereocenters. The fourth-order valence-corrected chi connectivity index (χ4v) is 3.23. The van der Waals surface area contributed by atoms with Gasteiger partial charge in [0.05, 0.1) is 17.9 Å². The molecule has 26 heavy (non-hydrogen) atoms. The Morgan fingerprint density at radius 2 is 2.15 bits per heavy atom. The van der Waals surface area contributed by atoms with E-state index in [1.807, 2.05) is 6.07 Å². The van der Waals surface area contributed by atoms with Crippen molar-refractivity contribution in [1.29, 1.82) is 0 Å². The lowest BCUT2D eigenvalue weighted by Crippen LogP contribution is -2.38. The molecule has 0 radical (unpaired) electrons. The van der Waals surface area contributed by atoms with E-state index in [-0.39, 0.29) is 5.97 Å². The number of nitrogen functional groups attached to an aromatic ring is 1. The summed E-state index contributed by atoms with van der Waals surface area (Å²) in [5, 5.41) is 3.17. The number of piperidine rings is 1. The third-order valence-electron chi connectivity index (χ3n) is 4.61. The Hall–Kier alpha value is -2.83. The van der Waals surface area contributed by atoms with Gasteiger partial charge in [0, 0.05) is 12.6 Å². The predicted molar refractivity (Wildman–Crippen MR) is 103 cm³/mol. The summed E-state index contributed by atoms with van der Waals surface area (Å²) in [6.07, 6.45) is 4.98. The second kappa shape index (κ2) is 8.03. The topological polar surface area (TPSA) is 93.4 Å². The molecule has 3 rings (SSSR count). The number of para-hydroxylation sites is 1. The van der Waals surface area contributed by atoms with Gasteiger partial charge in [0.2, 0.25) is 0 Å². The van der Waals surface area contributed by atoms with Crippen LogP contribution in [0.15, 0.2) is 30.6 Å². The summed E-state index contributed by atoms with van der Waals surface area (Å²) in [6, 6.07) is 7.54. The van der Waals surface area contributed by atoms with Crippen molar-refractivity contribution in [2.24, 2.45) is 0 Å². The van der Waals surface area contributed by atoms with Crippen LogP contribution in [0.2, 0.25) is 0 Å². The number of ether oxygens (including phenoxy) is 1. The van der Waals surface area contributed by atoms with Gasteiger partial charge in [-0.15, -0.1) is 0 Å². The molecule has 0 spiro atoms. The van der Waals surface area contributed by atoms with Gasteiger partial charge in [-0.3, -0.25) is 0 Å². The van der Waals surface area contributed by atoms with E-state index in [4.69, 9.17) is 10.5 Å². The maximum absolute atomic E-state index is 12.2. The molecule has 1 aliphatic rings. The molecule has 0 saturated carbocycles. The van der Waals surface area contributed by atoms with Crippen molar-refractivity contribution in [3.05, 3.63) is 36.2 Å². The van der Waals surface area contributed by atoms with Gasteiger partial charge in [-0.1, -0.05) is 12.1 Å². The molecule has 1 unspecified atom stereocenters. The Balaban J connectivity index is 1.90. The Kier molecular flexibility index (Phi) is 5.55. The molecule has 138 valence electrons. The number of hydrogen-bond acceptors (Lipinski definition) is 7. The van der Waals surface area contributed by atoms with Crippen molar-refractivity contribution in [3.63, 3.8) is 0 Å². The number of aromatic nitrogens is 2. The largest absolute Gasteiger partial charge is 0.462 e.